The molecule has 1 atom stereocenters. The number of rotatable bonds is 3. The molecule has 6 heteroatoms. The number of carbonyl (C=O) groups excluding carboxylic acids is 2. The van der Waals surface area contributed by atoms with Gasteiger partial charge in [-0.15, -0.1) is 0 Å². The largest absolute Gasteiger partial charge is 0.451 e. The van der Waals surface area contributed by atoms with Crippen molar-refractivity contribution in [2.75, 3.05) is 13.1 Å². The summed E-state index contributed by atoms with van der Waals surface area (Å²) < 4.78 is 18.9. The third-order valence-corrected chi connectivity index (χ3v) is 4.82. The first-order valence-electron chi connectivity index (χ1n) is 9.10. The zero-order chi connectivity index (χ0) is 19.5. The average molecular weight is 378 g/mol. The van der Waals surface area contributed by atoms with Gasteiger partial charge in [-0.1, -0.05) is 30.3 Å². The highest BCUT2D eigenvalue weighted by Crippen LogP contribution is 2.29. The maximum Gasteiger partial charge on any atom is 0.290 e. The van der Waals surface area contributed by atoms with E-state index in [9.17, 15) is 14.0 Å². The van der Waals surface area contributed by atoms with Gasteiger partial charge in [0.1, 0.15) is 11.6 Å². The molecule has 0 aliphatic carbocycles. The lowest BCUT2D eigenvalue weighted by Gasteiger charge is -2.28. The fourth-order valence-corrected chi connectivity index (χ4v) is 3.41. The van der Waals surface area contributed by atoms with Gasteiger partial charge < -0.3 is 14.6 Å². The van der Waals surface area contributed by atoms with Gasteiger partial charge in [0.2, 0.25) is 5.91 Å². The molecule has 2 amide bonds. The Balaban J connectivity index is 1.63. The molecule has 2 heterocycles. The van der Waals surface area contributed by atoms with E-state index in [0.717, 1.165) is 5.56 Å². The third kappa shape index (κ3) is 3.67. The van der Waals surface area contributed by atoms with Gasteiger partial charge in [-0.25, -0.2) is 4.39 Å². The van der Waals surface area contributed by atoms with Gasteiger partial charge in [-0.05, 0) is 42.0 Å². The SMILES string of the molecule is O=C1C[C@H](c2ccccc2)N(C(=O)c2ccc(-c3ccc(F)cc3)o2)CCN1. The highest BCUT2D eigenvalue weighted by molar-refractivity contribution is 5.93. The number of hydrogen-bond donors (Lipinski definition) is 1. The van der Waals surface area contributed by atoms with E-state index in [4.69, 9.17) is 4.42 Å². The maximum absolute atomic E-state index is 13.2. The van der Waals surface area contributed by atoms with Crippen molar-refractivity contribution in [1.29, 1.82) is 0 Å². The van der Waals surface area contributed by atoms with Gasteiger partial charge in [-0.3, -0.25) is 9.59 Å². The van der Waals surface area contributed by atoms with Crippen LogP contribution in [0.3, 0.4) is 0 Å². The first kappa shape index (κ1) is 18.0. The van der Waals surface area contributed by atoms with Crippen molar-refractivity contribution >= 4 is 11.8 Å². The normalized spacial score (nSPS) is 17.1. The first-order chi connectivity index (χ1) is 13.6. The van der Waals surface area contributed by atoms with Crippen molar-refractivity contribution in [3.8, 4) is 11.3 Å². The molecule has 0 radical (unpaired) electrons. The molecule has 142 valence electrons. The van der Waals surface area contributed by atoms with Crippen molar-refractivity contribution in [2.24, 2.45) is 0 Å². The molecular formula is C22H19FN2O3. The van der Waals surface area contributed by atoms with E-state index >= 15 is 0 Å². The Hall–Kier alpha value is -3.41. The third-order valence-electron chi connectivity index (χ3n) is 4.82. The van der Waals surface area contributed by atoms with Crippen molar-refractivity contribution in [3.05, 3.63) is 83.9 Å². The molecule has 2 aromatic carbocycles. The summed E-state index contributed by atoms with van der Waals surface area (Å²) in [6.45, 7) is 0.774. The molecule has 3 aromatic rings. The second-order valence-corrected chi connectivity index (χ2v) is 6.65. The molecule has 0 unspecified atom stereocenters. The lowest BCUT2D eigenvalue weighted by molar-refractivity contribution is -0.121. The molecular weight excluding hydrogens is 359 g/mol. The fraction of sp³-hybridized carbons (Fsp3) is 0.182. The lowest BCUT2D eigenvalue weighted by atomic mass is 10.0. The molecule has 5 nitrogen and oxygen atoms in total. The Kier molecular flexibility index (Phi) is 4.93. The van der Waals surface area contributed by atoms with Crippen molar-refractivity contribution in [3.63, 3.8) is 0 Å². The lowest BCUT2D eigenvalue weighted by Crippen LogP contribution is -2.36. The zero-order valence-corrected chi connectivity index (χ0v) is 15.1. The number of amides is 2. The Morgan fingerprint density at radius 2 is 1.79 bits per heavy atom. The standard InChI is InChI=1S/C22H19FN2O3/c23-17-8-6-16(7-9-17)19-10-11-20(28-19)22(27)25-13-12-24-21(26)14-18(25)15-4-2-1-3-5-15/h1-11,18H,12-14H2,(H,24,26)/t18-/m1/s1. The summed E-state index contributed by atoms with van der Waals surface area (Å²) in [5.74, 6) is -0.0217. The number of carbonyl (C=O) groups is 2. The Bertz CT molecular complexity index is 983. The van der Waals surface area contributed by atoms with Crippen LogP contribution in [0.15, 0.2) is 71.1 Å². The van der Waals surface area contributed by atoms with Crippen LogP contribution in [0, 0.1) is 5.82 Å². The van der Waals surface area contributed by atoms with Crippen LogP contribution in [-0.4, -0.2) is 29.8 Å². The molecule has 1 aromatic heterocycles. The number of halogens is 1. The summed E-state index contributed by atoms with van der Waals surface area (Å²) in [5, 5.41) is 2.82. The van der Waals surface area contributed by atoms with Crippen LogP contribution in [0.1, 0.15) is 28.6 Å². The average Bonchev–Trinajstić information content (AvgIpc) is 3.12. The van der Waals surface area contributed by atoms with Crippen LogP contribution in [0.2, 0.25) is 0 Å². The smallest absolute Gasteiger partial charge is 0.290 e. The minimum atomic E-state index is -0.365. The van der Waals surface area contributed by atoms with E-state index in [0.29, 0.717) is 24.4 Å². The van der Waals surface area contributed by atoms with Crippen LogP contribution in [0.5, 0.6) is 0 Å². The first-order valence-corrected chi connectivity index (χ1v) is 9.10. The summed E-state index contributed by atoms with van der Waals surface area (Å²) in [4.78, 5) is 26.9. The molecule has 1 aliphatic rings. The van der Waals surface area contributed by atoms with Gasteiger partial charge in [-0.2, -0.15) is 0 Å². The molecule has 1 aliphatic heterocycles. The van der Waals surface area contributed by atoms with Crippen molar-refractivity contribution < 1.29 is 18.4 Å². The molecule has 0 bridgehead atoms. The van der Waals surface area contributed by atoms with Gasteiger partial charge in [0.05, 0.1) is 12.5 Å². The highest BCUT2D eigenvalue weighted by Gasteiger charge is 2.31. The van der Waals surface area contributed by atoms with Crippen LogP contribution in [0.25, 0.3) is 11.3 Å². The Morgan fingerprint density at radius 1 is 1.04 bits per heavy atom. The molecule has 0 saturated carbocycles. The van der Waals surface area contributed by atoms with E-state index in [1.165, 1.54) is 12.1 Å². The Labute approximate surface area is 161 Å². The van der Waals surface area contributed by atoms with Crippen molar-refractivity contribution in [1.82, 2.24) is 10.2 Å². The van der Waals surface area contributed by atoms with Crippen LogP contribution in [0.4, 0.5) is 4.39 Å². The van der Waals surface area contributed by atoms with E-state index < -0.39 is 0 Å². The quantitative estimate of drug-likeness (QED) is 0.754. The van der Waals surface area contributed by atoms with E-state index in [1.54, 1.807) is 29.2 Å². The summed E-state index contributed by atoms with van der Waals surface area (Å²) >= 11 is 0. The fourth-order valence-electron chi connectivity index (χ4n) is 3.41. The number of nitrogens with one attached hydrogen (secondary N) is 1. The monoisotopic (exact) mass is 378 g/mol. The summed E-state index contributed by atoms with van der Waals surface area (Å²) in [5.41, 5.74) is 1.59. The van der Waals surface area contributed by atoms with Crippen LogP contribution in [-0.2, 0) is 4.79 Å². The predicted molar refractivity (Wildman–Crippen MR) is 102 cm³/mol. The van der Waals surface area contributed by atoms with Gasteiger partial charge in [0.25, 0.3) is 5.91 Å². The minimum Gasteiger partial charge on any atom is -0.451 e. The van der Waals surface area contributed by atoms with Gasteiger partial charge in [0.15, 0.2) is 5.76 Å². The number of benzene rings is 2. The topological polar surface area (TPSA) is 62.6 Å². The second-order valence-electron chi connectivity index (χ2n) is 6.65. The van der Waals surface area contributed by atoms with Crippen molar-refractivity contribution in [2.45, 2.75) is 12.5 Å². The van der Waals surface area contributed by atoms with Gasteiger partial charge in [0, 0.05) is 18.7 Å². The Morgan fingerprint density at radius 3 is 2.54 bits per heavy atom. The molecule has 1 fully saturated rings. The maximum atomic E-state index is 13.2. The molecule has 28 heavy (non-hydrogen) atoms. The molecule has 0 spiro atoms. The summed E-state index contributed by atoms with van der Waals surface area (Å²) in [6, 6.07) is 18.3. The molecule has 1 N–H and O–H groups in total. The van der Waals surface area contributed by atoms with Gasteiger partial charge >= 0.3 is 0 Å². The second kappa shape index (κ2) is 7.68. The van der Waals surface area contributed by atoms with E-state index in [1.807, 2.05) is 30.3 Å². The zero-order valence-electron chi connectivity index (χ0n) is 15.1. The molecule has 1 saturated heterocycles. The predicted octanol–water partition coefficient (Wildman–Crippen LogP) is 3.79. The highest BCUT2D eigenvalue weighted by atomic mass is 19.1. The number of furan rings is 1. The van der Waals surface area contributed by atoms with Crippen LogP contribution >= 0.6 is 0 Å². The van der Waals surface area contributed by atoms with Crippen LogP contribution < -0.4 is 5.32 Å². The number of nitrogens with zero attached hydrogens (tertiary/aromatic N) is 1. The van der Waals surface area contributed by atoms with E-state index in [-0.39, 0.29) is 35.9 Å². The molecule has 4 rings (SSSR count). The number of hydrogen-bond acceptors (Lipinski definition) is 3. The summed E-state index contributed by atoms with van der Waals surface area (Å²) in [6.07, 6.45) is 0.196. The minimum absolute atomic E-state index is 0.0874. The van der Waals surface area contributed by atoms with E-state index in [2.05, 4.69) is 5.32 Å². The summed E-state index contributed by atoms with van der Waals surface area (Å²) in [7, 11) is 0.